The van der Waals surface area contributed by atoms with Gasteiger partial charge in [0.05, 0.1) is 0 Å². The Morgan fingerprint density at radius 3 is 2.50 bits per heavy atom. The number of allylic oxidation sites excluding steroid dienone is 1. The smallest absolute Gasteiger partial charge is 0.314 e. The second-order valence-electron chi connectivity index (χ2n) is 4.38. The van der Waals surface area contributed by atoms with Crippen LogP contribution >= 0.6 is 0 Å². The standard InChI is InChI=1S/C15H16N2O/c1-11(2)10-16-15(18)17-14-8-7-12-5-3-4-6-13(12)9-14/h3-10H,1-2H3,(H2,16,17,18). The molecule has 0 spiro atoms. The summed E-state index contributed by atoms with van der Waals surface area (Å²) in [5.74, 6) is 0. The predicted octanol–water partition coefficient (Wildman–Crippen LogP) is 3.89. The van der Waals surface area contributed by atoms with E-state index in [0.717, 1.165) is 22.0 Å². The van der Waals surface area contributed by atoms with Crippen molar-refractivity contribution in [1.29, 1.82) is 0 Å². The average molecular weight is 240 g/mol. The summed E-state index contributed by atoms with van der Waals surface area (Å²) in [6.45, 7) is 3.85. The first-order valence-electron chi connectivity index (χ1n) is 5.85. The van der Waals surface area contributed by atoms with Crippen LogP contribution in [0.5, 0.6) is 0 Å². The second-order valence-corrected chi connectivity index (χ2v) is 4.38. The third kappa shape index (κ3) is 3.10. The molecule has 0 atom stereocenters. The van der Waals surface area contributed by atoms with Crippen LogP contribution in [0, 0.1) is 0 Å². The zero-order chi connectivity index (χ0) is 13.0. The highest BCUT2D eigenvalue weighted by Gasteiger charge is 2.00. The van der Waals surface area contributed by atoms with Crippen LogP contribution in [0.4, 0.5) is 10.5 Å². The van der Waals surface area contributed by atoms with Crippen molar-refractivity contribution in [3.05, 3.63) is 54.2 Å². The average Bonchev–Trinajstić information content (AvgIpc) is 2.36. The fraction of sp³-hybridized carbons (Fsp3) is 0.133. The molecule has 2 amide bonds. The van der Waals surface area contributed by atoms with Gasteiger partial charge in [-0.15, -0.1) is 0 Å². The minimum Gasteiger partial charge on any atom is -0.314 e. The number of amides is 2. The van der Waals surface area contributed by atoms with Gasteiger partial charge in [0.2, 0.25) is 0 Å². The summed E-state index contributed by atoms with van der Waals surface area (Å²) in [6.07, 6.45) is 1.68. The van der Waals surface area contributed by atoms with E-state index >= 15 is 0 Å². The molecule has 0 unspecified atom stereocenters. The molecule has 0 radical (unpaired) electrons. The first-order chi connectivity index (χ1) is 8.65. The maximum atomic E-state index is 11.6. The topological polar surface area (TPSA) is 41.1 Å². The number of carbonyl (C=O) groups excluding carboxylic acids is 1. The van der Waals surface area contributed by atoms with Crippen LogP contribution in [0.15, 0.2) is 54.2 Å². The lowest BCUT2D eigenvalue weighted by atomic mass is 10.1. The summed E-state index contributed by atoms with van der Waals surface area (Å²) in [5.41, 5.74) is 1.83. The number of benzene rings is 2. The summed E-state index contributed by atoms with van der Waals surface area (Å²) in [4.78, 5) is 11.6. The zero-order valence-electron chi connectivity index (χ0n) is 10.5. The Kier molecular flexibility index (Phi) is 3.63. The van der Waals surface area contributed by atoms with Crippen LogP contribution in [-0.2, 0) is 0 Å². The van der Waals surface area contributed by atoms with E-state index in [4.69, 9.17) is 0 Å². The van der Waals surface area contributed by atoms with Crippen molar-refractivity contribution in [2.75, 3.05) is 5.32 Å². The molecule has 92 valence electrons. The van der Waals surface area contributed by atoms with E-state index in [1.54, 1.807) is 6.20 Å². The van der Waals surface area contributed by atoms with E-state index in [0.29, 0.717) is 0 Å². The molecule has 18 heavy (non-hydrogen) atoms. The molecule has 0 saturated heterocycles. The summed E-state index contributed by atoms with van der Waals surface area (Å²) >= 11 is 0. The normalized spacial score (nSPS) is 9.89. The Bertz CT molecular complexity index is 598. The van der Waals surface area contributed by atoms with Crippen LogP contribution < -0.4 is 10.6 Å². The number of fused-ring (bicyclic) bond motifs is 1. The molecule has 0 bridgehead atoms. The largest absolute Gasteiger partial charge is 0.323 e. The molecule has 2 rings (SSSR count). The van der Waals surface area contributed by atoms with Crippen molar-refractivity contribution in [2.24, 2.45) is 0 Å². The molecule has 0 aliphatic carbocycles. The van der Waals surface area contributed by atoms with Gasteiger partial charge in [0.1, 0.15) is 0 Å². The van der Waals surface area contributed by atoms with Gasteiger partial charge in [0.15, 0.2) is 0 Å². The number of hydrogen-bond donors (Lipinski definition) is 2. The van der Waals surface area contributed by atoms with Gasteiger partial charge in [-0.1, -0.05) is 35.9 Å². The molecule has 3 nitrogen and oxygen atoms in total. The number of carbonyl (C=O) groups is 1. The summed E-state index contributed by atoms with van der Waals surface area (Å²) in [7, 11) is 0. The predicted molar refractivity (Wildman–Crippen MR) is 75.5 cm³/mol. The first kappa shape index (κ1) is 12.2. The van der Waals surface area contributed by atoms with Crippen molar-refractivity contribution in [3.63, 3.8) is 0 Å². The summed E-state index contributed by atoms with van der Waals surface area (Å²) in [5, 5.41) is 7.73. The monoisotopic (exact) mass is 240 g/mol. The van der Waals surface area contributed by atoms with Crippen molar-refractivity contribution in [1.82, 2.24) is 5.32 Å². The Morgan fingerprint density at radius 2 is 1.78 bits per heavy atom. The van der Waals surface area contributed by atoms with Crippen LogP contribution in [0.3, 0.4) is 0 Å². The van der Waals surface area contributed by atoms with E-state index in [-0.39, 0.29) is 6.03 Å². The third-order valence-electron chi connectivity index (χ3n) is 2.50. The van der Waals surface area contributed by atoms with Gasteiger partial charge in [-0.05, 0) is 36.8 Å². The number of hydrogen-bond acceptors (Lipinski definition) is 1. The highest BCUT2D eigenvalue weighted by atomic mass is 16.2. The van der Waals surface area contributed by atoms with Crippen molar-refractivity contribution >= 4 is 22.5 Å². The molecule has 0 aromatic heterocycles. The van der Waals surface area contributed by atoms with Crippen LogP contribution in [-0.4, -0.2) is 6.03 Å². The minimum absolute atomic E-state index is 0.230. The molecule has 0 aliphatic heterocycles. The molecule has 0 heterocycles. The number of anilines is 1. The number of rotatable bonds is 2. The molecule has 3 heteroatoms. The lowest BCUT2D eigenvalue weighted by Gasteiger charge is -2.06. The van der Waals surface area contributed by atoms with Gasteiger partial charge in [-0.25, -0.2) is 4.79 Å². The van der Waals surface area contributed by atoms with E-state index in [1.807, 2.05) is 56.3 Å². The van der Waals surface area contributed by atoms with Crippen molar-refractivity contribution in [2.45, 2.75) is 13.8 Å². The Hall–Kier alpha value is -2.29. The highest BCUT2D eigenvalue weighted by molar-refractivity contribution is 5.93. The lowest BCUT2D eigenvalue weighted by Crippen LogP contribution is -2.24. The maximum absolute atomic E-state index is 11.6. The molecular formula is C15H16N2O. The third-order valence-corrected chi connectivity index (χ3v) is 2.50. The van der Waals surface area contributed by atoms with E-state index < -0.39 is 0 Å². The fourth-order valence-electron chi connectivity index (χ4n) is 1.64. The SMILES string of the molecule is CC(C)=CNC(=O)Nc1ccc2ccccc2c1. The molecule has 0 fully saturated rings. The fourth-order valence-corrected chi connectivity index (χ4v) is 1.64. The first-order valence-corrected chi connectivity index (χ1v) is 5.85. The Morgan fingerprint density at radius 1 is 1.06 bits per heavy atom. The van der Waals surface area contributed by atoms with E-state index in [9.17, 15) is 4.79 Å². The summed E-state index contributed by atoms with van der Waals surface area (Å²) < 4.78 is 0. The van der Waals surface area contributed by atoms with Crippen molar-refractivity contribution in [3.8, 4) is 0 Å². The maximum Gasteiger partial charge on any atom is 0.323 e. The number of nitrogens with one attached hydrogen (secondary N) is 2. The van der Waals surface area contributed by atoms with E-state index in [1.165, 1.54) is 0 Å². The second kappa shape index (κ2) is 5.36. The molecule has 0 saturated carbocycles. The van der Waals surface area contributed by atoms with Gasteiger partial charge in [0.25, 0.3) is 0 Å². The number of urea groups is 1. The van der Waals surface area contributed by atoms with Gasteiger partial charge < -0.3 is 10.6 Å². The molecular weight excluding hydrogens is 224 g/mol. The Balaban J connectivity index is 2.12. The summed E-state index contributed by atoms with van der Waals surface area (Å²) in [6, 6.07) is 13.7. The lowest BCUT2D eigenvalue weighted by molar-refractivity contribution is 0.255. The quantitative estimate of drug-likeness (QED) is 0.821. The van der Waals surface area contributed by atoms with E-state index in [2.05, 4.69) is 10.6 Å². The van der Waals surface area contributed by atoms with Crippen molar-refractivity contribution < 1.29 is 4.79 Å². The molecule has 2 aromatic carbocycles. The van der Waals surface area contributed by atoms with Crippen LogP contribution in [0.25, 0.3) is 10.8 Å². The van der Waals surface area contributed by atoms with Gasteiger partial charge >= 0.3 is 6.03 Å². The Labute approximate surface area is 107 Å². The molecule has 2 N–H and O–H groups in total. The molecule has 2 aromatic rings. The van der Waals surface area contributed by atoms with Gasteiger partial charge in [0, 0.05) is 11.9 Å². The van der Waals surface area contributed by atoms with Gasteiger partial charge in [-0.3, -0.25) is 0 Å². The van der Waals surface area contributed by atoms with Crippen LogP contribution in [0.2, 0.25) is 0 Å². The highest BCUT2D eigenvalue weighted by Crippen LogP contribution is 2.18. The van der Waals surface area contributed by atoms with Crippen LogP contribution in [0.1, 0.15) is 13.8 Å². The molecule has 0 aliphatic rings. The minimum atomic E-state index is -0.230. The zero-order valence-corrected chi connectivity index (χ0v) is 10.5. The van der Waals surface area contributed by atoms with Gasteiger partial charge in [-0.2, -0.15) is 0 Å².